The van der Waals surface area contributed by atoms with Gasteiger partial charge in [0.25, 0.3) is 0 Å². The maximum atomic E-state index is 11.3. The summed E-state index contributed by atoms with van der Waals surface area (Å²) < 4.78 is 0. The molecular weight excluding hydrogens is 154 g/mol. The van der Waals surface area contributed by atoms with E-state index in [2.05, 4.69) is 5.32 Å². The quantitative estimate of drug-likeness (QED) is 0.471. The predicted molar refractivity (Wildman–Crippen MR) is 45.3 cm³/mol. The van der Waals surface area contributed by atoms with Crippen LogP contribution in [-0.4, -0.2) is 11.8 Å². The molecule has 1 heterocycles. The molecule has 1 fully saturated rings. The summed E-state index contributed by atoms with van der Waals surface area (Å²) in [6.07, 6.45) is 0.584. The van der Waals surface area contributed by atoms with Crippen LogP contribution in [-0.2, 0) is 9.59 Å². The van der Waals surface area contributed by atoms with Gasteiger partial charge in [-0.3, -0.25) is 14.9 Å². The third kappa shape index (κ3) is 0.822. The molecule has 1 saturated heterocycles. The second kappa shape index (κ2) is 2.31. The van der Waals surface area contributed by atoms with Crippen molar-refractivity contribution >= 4 is 11.8 Å². The lowest BCUT2D eigenvalue weighted by Crippen LogP contribution is -2.68. The van der Waals surface area contributed by atoms with Crippen molar-refractivity contribution in [1.82, 2.24) is 5.32 Å². The number of β-lactam (4-membered cyclic amide) rings is 2. The predicted octanol–water partition coefficient (Wildman–Crippen LogP) is 1.09. The molecule has 1 N–H and O–H groups in total. The van der Waals surface area contributed by atoms with Gasteiger partial charge in [-0.25, -0.2) is 0 Å². The molecule has 3 nitrogen and oxygen atoms in total. The molecule has 0 aromatic heterocycles. The third-order valence-corrected chi connectivity index (χ3v) is 2.81. The summed E-state index contributed by atoms with van der Waals surface area (Å²) in [5, 5.41) is 2.28. The molecule has 1 rings (SSSR count). The van der Waals surface area contributed by atoms with E-state index in [1.807, 2.05) is 27.7 Å². The van der Waals surface area contributed by atoms with E-state index in [0.29, 0.717) is 6.42 Å². The largest absolute Gasteiger partial charge is 0.295 e. The summed E-state index contributed by atoms with van der Waals surface area (Å²) in [5.74, 6) is -0.245. The van der Waals surface area contributed by atoms with Crippen molar-refractivity contribution in [2.75, 3.05) is 0 Å². The molecular formula is C9H15NO2. The SMILES string of the molecule is CCC1(C(C)(C)C)C(=O)NC1=O. The van der Waals surface area contributed by atoms with Crippen molar-refractivity contribution < 1.29 is 9.59 Å². The Kier molecular flexibility index (Phi) is 1.78. The van der Waals surface area contributed by atoms with E-state index in [-0.39, 0.29) is 17.2 Å². The highest BCUT2D eigenvalue weighted by Crippen LogP contribution is 2.46. The first-order chi connectivity index (χ1) is 5.36. The molecule has 1 aliphatic rings. The van der Waals surface area contributed by atoms with E-state index in [1.165, 1.54) is 0 Å². The van der Waals surface area contributed by atoms with Crippen LogP contribution in [0.4, 0.5) is 0 Å². The molecule has 1 aliphatic heterocycles. The molecule has 0 saturated carbocycles. The summed E-state index contributed by atoms with van der Waals surface area (Å²) in [6.45, 7) is 7.65. The van der Waals surface area contributed by atoms with E-state index in [4.69, 9.17) is 0 Å². The highest BCUT2D eigenvalue weighted by atomic mass is 16.2. The van der Waals surface area contributed by atoms with Crippen LogP contribution in [0.15, 0.2) is 0 Å². The maximum Gasteiger partial charge on any atom is 0.242 e. The first-order valence-corrected chi connectivity index (χ1v) is 4.22. The van der Waals surface area contributed by atoms with Crippen LogP contribution in [0, 0.1) is 10.8 Å². The van der Waals surface area contributed by atoms with Crippen LogP contribution in [0.2, 0.25) is 0 Å². The van der Waals surface area contributed by atoms with Crippen LogP contribution in [0.25, 0.3) is 0 Å². The molecule has 0 bridgehead atoms. The average molecular weight is 169 g/mol. The molecule has 0 aliphatic carbocycles. The monoisotopic (exact) mass is 169 g/mol. The van der Waals surface area contributed by atoms with E-state index >= 15 is 0 Å². The topological polar surface area (TPSA) is 46.2 Å². The van der Waals surface area contributed by atoms with Gasteiger partial charge in [0.05, 0.1) is 0 Å². The fourth-order valence-electron chi connectivity index (χ4n) is 1.89. The summed E-state index contributed by atoms with van der Waals surface area (Å²) in [4.78, 5) is 22.6. The van der Waals surface area contributed by atoms with Gasteiger partial charge in [-0.05, 0) is 11.8 Å². The number of hydrogen-bond donors (Lipinski definition) is 1. The van der Waals surface area contributed by atoms with Crippen molar-refractivity contribution in [3.8, 4) is 0 Å². The first-order valence-electron chi connectivity index (χ1n) is 4.22. The number of imide groups is 1. The second-order valence-electron chi connectivity index (χ2n) is 4.29. The van der Waals surface area contributed by atoms with Gasteiger partial charge in [0.2, 0.25) is 11.8 Å². The van der Waals surface area contributed by atoms with Gasteiger partial charge in [0.1, 0.15) is 5.41 Å². The lowest BCUT2D eigenvalue weighted by atomic mass is 9.60. The molecule has 68 valence electrons. The Balaban J connectivity index is 3.06. The Hall–Kier alpha value is -0.860. The van der Waals surface area contributed by atoms with Crippen molar-refractivity contribution in [3.63, 3.8) is 0 Å². The summed E-state index contributed by atoms with van der Waals surface area (Å²) in [5.41, 5.74) is -1.05. The first kappa shape index (κ1) is 9.23. The summed E-state index contributed by atoms with van der Waals surface area (Å²) in [7, 11) is 0. The minimum Gasteiger partial charge on any atom is -0.295 e. The lowest BCUT2D eigenvalue weighted by molar-refractivity contribution is -0.166. The zero-order valence-corrected chi connectivity index (χ0v) is 8.02. The van der Waals surface area contributed by atoms with Gasteiger partial charge >= 0.3 is 0 Å². The van der Waals surface area contributed by atoms with Crippen molar-refractivity contribution in [2.45, 2.75) is 34.1 Å². The Morgan fingerprint density at radius 1 is 1.25 bits per heavy atom. The molecule has 0 atom stereocenters. The zero-order valence-electron chi connectivity index (χ0n) is 8.02. The molecule has 3 heteroatoms. The standard InChI is InChI=1S/C9H15NO2/c1-5-9(8(2,3)4)6(11)10-7(9)12/h5H2,1-4H3,(H,10,11,12). The van der Waals surface area contributed by atoms with E-state index in [1.54, 1.807) is 0 Å². The van der Waals surface area contributed by atoms with Crippen molar-refractivity contribution in [2.24, 2.45) is 10.8 Å². The number of carbonyl (C=O) groups is 2. The lowest BCUT2D eigenvalue weighted by Gasteiger charge is -2.47. The Bertz CT molecular complexity index is 223. The normalized spacial score (nSPS) is 21.7. The number of amides is 2. The minimum absolute atomic E-state index is 0.123. The average Bonchev–Trinajstić information content (AvgIpc) is 1.85. The van der Waals surface area contributed by atoms with E-state index in [0.717, 1.165) is 0 Å². The van der Waals surface area contributed by atoms with Gasteiger partial charge in [0.15, 0.2) is 0 Å². The van der Waals surface area contributed by atoms with Crippen LogP contribution in [0.1, 0.15) is 34.1 Å². The van der Waals surface area contributed by atoms with Crippen LogP contribution in [0.5, 0.6) is 0 Å². The van der Waals surface area contributed by atoms with Crippen LogP contribution in [0.3, 0.4) is 0 Å². The summed E-state index contributed by atoms with van der Waals surface area (Å²) >= 11 is 0. The highest BCUT2D eigenvalue weighted by Gasteiger charge is 2.60. The molecule has 0 spiro atoms. The van der Waals surface area contributed by atoms with E-state index in [9.17, 15) is 9.59 Å². The van der Waals surface area contributed by atoms with Gasteiger partial charge in [-0.2, -0.15) is 0 Å². The van der Waals surface area contributed by atoms with Gasteiger partial charge in [-0.15, -0.1) is 0 Å². The van der Waals surface area contributed by atoms with Gasteiger partial charge in [-0.1, -0.05) is 27.7 Å². The van der Waals surface area contributed by atoms with Crippen LogP contribution >= 0.6 is 0 Å². The fraction of sp³-hybridized carbons (Fsp3) is 0.778. The maximum absolute atomic E-state index is 11.3. The van der Waals surface area contributed by atoms with Crippen LogP contribution < -0.4 is 5.32 Å². The molecule has 0 radical (unpaired) electrons. The fourth-order valence-corrected chi connectivity index (χ4v) is 1.89. The second-order valence-corrected chi connectivity index (χ2v) is 4.29. The minimum atomic E-state index is -0.771. The van der Waals surface area contributed by atoms with Gasteiger partial charge in [0, 0.05) is 0 Å². The van der Waals surface area contributed by atoms with Crippen molar-refractivity contribution in [1.29, 1.82) is 0 Å². The highest BCUT2D eigenvalue weighted by molar-refractivity contribution is 6.22. The number of carbonyl (C=O) groups excluding carboxylic acids is 2. The number of nitrogens with one attached hydrogen (secondary N) is 1. The Labute approximate surface area is 72.5 Å². The Morgan fingerprint density at radius 2 is 1.67 bits per heavy atom. The molecule has 0 unspecified atom stereocenters. The molecule has 12 heavy (non-hydrogen) atoms. The molecule has 0 aromatic rings. The Morgan fingerprint density at radius 3 is 1.75 bits per heavy atom. The zero-order chi connectivity index (χ0) is 9.57. The van der Waals surface area contributed by atoms with Crippen molar-refractivity contribution in [3.05, 3.63) is 0 Å². The molecule has 2 amide bonds. The summed E-state index contributed by atoms with van der Waals surface area (Å²) in [6, 6.07) is 0. The number of hydrogen-bond acceptors (Lipinski definition) is 2. The van der Waals surface area contributed by atoms with E-state index < -0.39 is 5.41 Å². The smallest absolute Gasteiger partial charge is 0.242 e. The third-order valence-electron chi connectivity index (χ3n) is 2.81. The molecule has 0 aromatic carbocycles. The number of rotatable bonds is 1. The van der Waals surface area contributed by atoms with Gasteiger partial charge < -0.3 is 0 Å².